The van der Waals surface area contributed by atoms with E-state index in [1.807, 2.05) is 6.20 Å². The molecule has 2 aromatic heterocycles. The molecule has 5 nitrogen and oxygen atoms in total. The molecule has 0 bridgehead atoms. The zero-order chi connectivity index (χ0) is 16.2. The van der Waals surface area contributed by atoms with Crippen LogP contribution in [0.5, 0.6) is 0 Å². The summed E-state index contributed by atoms with van der Waals surface area (Å²) in [6, 6.07) is 4.73. The van der Waals surface area contributed by atoms with E-state index in [2.05, 4.69) is 57.5 Å². The second-order valence-electron chi connectivity index (χ2n) is 6.71. The number of piperidine rings is 1. The van der Waals surface area contributed by atoms with E-state index in [0.29, 0.717) is 12.0 Å². The van der Waals surface area contributed by atoms with Gasteiger partial charge in [0, 0.05) is 43.3 Å². The summed E-state index contributed by atoms with van der Waals surface area (Å²) >= 11 is 1.49. The quantitative estimate of drug-likeness (QED) is 0.908. The highest BCUT2D eigenvalue weighted by molar-refractivity contribution is 7.09. The van der Waals surface area contributed by atoms with Gasteiger partial charge in [0.1, 0.15) is 11.6 Å². The van der Waals surface area contributed by atoms with Crippen LogP contribution in [0.3, 0.4) is 0 Å². The Labute approximate surface area is 142 Å². The minimum Gasteiger partial charge on any atom is -0.357 e. The van der Waals surface area contributed by atoms with E-state index in [4.69, 9.17) is 0 Å². The van der Waals surface area contributed by atoms with Crippen LogP contribution in [-0.2, 0) is 6.42 Å². The van der Waals surface area contributed by atoms with Gasteiger partial charge in [-0.15, -0.1) is 0 Å². The second kappa shape index (κ2) is 7.25. The molecule has 1 saturated heterocycles. The minimum absolute atomic E-state index is 0.483. The summed E-state index contributed by atoms with van der Waals surface area (Å²) in [5.41, 5.74) is 1.21. The predicted molar refractivity (Wildman–Crippen MR) is 96.3 cm³/mol. The van der Waals surface area contributed by atoms with Crippen molar-refractivity contribution in [3.05, 3.63) is 29.7 Å². The molecule has 124 valence electrons. The molecule has 3 heterocycles. The third-order valence-corrected chi connectivity index (χ3v) is 4.79. The lowest BCUT2D eigenvalue weighted by atomic mass is 10.1. The molecule has 1 aliphatic rings. The number of pyridine rings is 1. The van der Waals surface area contributed by atoms with Crippen molar-refractivity contribution in [2.24, 2.45) is 5.92 Å². The monoisotopic (exact) mass is 331 g/mol. The Morgan fingerprint density at radius 2 is 2.09 bits per heavy atom. The Bertz CT molecular complexity index is 614. The molecule has 1 aliphatic heterocycles. The zero-order valence-electron chi connectivity index (χ0n) is 14.1. The number of aromatic nitrogens is 3. The molecule has 0 radical (unpaired) electrons. The number of aryl methyl sites for hydroxylation is 1. The van der Waals surface area contributed by atoms with Gasteiger partial charge in [-0.25, -0.2) is 9.97 Å². The van der Waals surface area contributed by atoms with Crippen LogP contribution in [0.25, 0.3) is 0 Å². The van der Waals surface area contributed by atoms with Gasteiger partial charge >= 0.3 is 0 Å². The maximum absolute atomic E-state index is 4.60. The van der Waals surface area contributed by atoms with Crippen LogP contribution in [0, 0.1) is 12.8 Å². The van der Waals surface area contributed by atoms with E-state index in [-0.39, 0.29) is 0 Å². The maximum atomic E-state index is 4.60. The Morgan fingerprint density at radius 1 is 1.30 bits per heavy atom. The van der Waals surface area contributed by atoms with Gasteiger partial charge in [0.05, 0.1) is 0 Å². The number of anilines is 2. The van der Waals surface area contributed by atoms with Gasteiger partial charge in [-0.2, -0.15) is 4.37 Å². The first-order valence-electron chi connectivity index (χ1n) is 8.37. The first-order valence-corrected chi connectivity index (χ1v) is 9.14. The number of hydrogen-bond donors (Lipinski definition) is 1. The highest BCUT2D eigenvalue weighted by Gasteiger charge is 2.21. The Hall–Kier alpha value is -1.69. The lowest BCUT2D eigenvalue weighted by Crippen LogP contribution is -2.39. The Balaban J connectivity index is 1.51. The van der Waals surface area contributed by atoms with Gasteiger partial charge in [-0.1, -0.05) is 19.9 Å². The van der Waals surface area contributed by atoms with Crippen LogP contribution in [0.2, 0.25) is 0 Å². The van der Waals surface area contributed by atoms with Crippen molar-refractivity contribution < 1.29 is 0 Å². The highest BCUT2D eigenvalue weighted by Crippen LogP contribution is 2.22. The topological polar surface area (TPSA) is 53.9 Å². The molecule has 6 heteroatoms. The van der Waals surface area contributed by atoms with Crippen molar-refractivity contribution in [2.45, 2.75) is 46.1 Å². The predicted octanol–water partition coefficient (Wildman–Crippen LogP) is 3.52. The van der Waals surface area contributed by atoms with Crippen molar-refractivity contribution in [1.29, 1.82) is 0 Å². The van der Waals surface area contributed by atoms with Gasteiger partial charge in [0.25, 0.3) is 0 Å². The van der Waals surface area contributed by atoms with E-state index in [9.17, 15) is 0 Å². The minimum atomic E-state index is 0.483. The normalized spacial score (nSPS) is 16.1. The molecule has 2 aromatic rings. The Kier molecular flexibility index (Phi) is 5.10. The van der Waals surface area contributed by atoms with Crippen molar-refractivity contribution in [3.8, 4) is 0 Å². The van der Waals surface area contributed by atoms with E-state index < -0.39 is 0 Å². The fraction of sp³-hybridized carbons (Fsp3) is 0.588. The van der Waals surface area contributed by atoms with Crippen molar-refractivity contribution in [3.63, 3.8) is 0 Å². The van der Waals surface area contributed by atoms with E-state index in [0.717, 1.165) is 49.1 Å². The van der Waals surface area contributed by atoms with Crippen LogP contribution in [0.15, 0.2) is 18.3 Å². The summed E-state index contributed by atoms with van der Waals surface area (Å²) in [5, 5.41) is 4.52. The molecule has 1 fully saturated rings. The largest absolute Gasteiger partial charge is 0.357 e. The van der Waals surface area contributed by atoms with Crippen LogP contribution in [-0.4, -0.2) is 33.5 Å². The standard InChI is InChI=1S/C17H25N5S/c1-12(2)10-15-20-17(23-21-15)19-14-6-8-22(9-7-14)16-5-4-13(3)11-18-16/h4-5,11-12,14H,6-10H2,1-3H3,(H,19,20,21). The van der Waals surface area contributed by atoms with E-state index >= 15 is 0 Å². The van der Waals surface area contributed by atoms with Crippen molar-refractivity contribution in [1.82, 2.24) is 14.3 Å². The molecule has 3 rings (SSSR count). The molecular formula is C17H25N5S. The summed E-state index contributed by atoms with van der Waals surface area (Å²) in [6.07, 6.45) is 5.11. The van der Waals surface area contributed by atoms with Gasteiger partial charge in [-0.05, 0) is 37.3 Å². The van der Waals surface area contributed by atoms with Crippen LogP contribution < -0.4 is 10.2 Å². The molecule has 0 aromatic carbocycles. The van der Waals surface area contributed by atoms with Crippen LogP contribution in [0.1, 0.15) is 38.1 Å². The lowest BCUT2D eigenvalue weighted by Gasteiger charge is -2.33. The summed E-state index contributed by atoms with van der Waals surface area (Å²) in [7, 11) is 0. The maximum Gasteiger partial charge on any atom is 0.202 e. The molecule has 0 unspecified atom stereocenters. The van der Waals surface area contributed by atoms with Crippen molar-refractivity contribution >= 4 is 22.5 Å². The summed E-state index contributed by atoms with van der Waals surface area (Å²) in [6.45, 7) is 8.53. The molecule has 23 heavy (non-hydrogen) atoms. The highest BCUT2D eigenvalue weighted by atomic mass is 32.1. The average molecular weight is 331 g/mol. The van der Waals surface area contributed by atoms with Crippen LogP contribution in [0.4, 0.5) is 10.9 Å². The van der Waals surface area contributed by atoms with Crippen LogP contribution >= 0.6 is 11.5 Å². The number of hydrogen-bond acceptors (Lipinski definition) is 6. The SMILES string of the molecule is Cc1ccc(N2CCC(Nc3nc(CC(C)C)ns3)CC2)nc1. The van der Waals surface area contributed by atoms with Gasteiger partial charge in [-0.3, -0.25) is 0 Å². The van der Waals surface area contributed by atoms with Crippen molar-refractivity contribution in [2.75, 3.05) is 23.3 Å². The molecular weight excluding hydrogens is 306 g/mol. The van der Waals surface area contributed by atoms with Gasteiger partial charge < -0.3 is 10.2 Å². The molecule has 0 atom stereocenters. The molecule has 0 saturated carbocycles. The third-order valence-electron chi connectivity index (χ3n) is 4.10. The summed E-state index contributed by atoms with van der Waals surface area (Å²) < 4.78 is 4.44. The molecule has 0 aliphatic carbocycles. The lowest BCUT2D eigenvalue weighted by molar-refractivity contribution is 0.523. The van der Waals surface area contributed by atoms with Gasteiger partial charge in [0.15, 0.2) is 0 Å². The number of rotatable bonds is 5. The average Bonchev–Trinajstić information content (AvgIpc) is 2.95. The first kappa shape index (κ1) is 16.2. The number of nitrogens with one attached hydrogen (secondary N) is 1. The third kappa shape index (κ3) is 4.41. The second-order valence-corrected chi connectivity index (χ2v) is 7.46. The Morgan fingerprint density at radius 3 is 2.74 bits per heavy atom. The fourth-order valence-corrected chi connectivity index (χ4v) is 3.51. The van der Waals surface area contributed by atoms with E-state index in [1.54, 1.807) is 0 Å². The molecule has 0 spiro atoms. The molecule has 1 N–H and O–H groups in total. The summed E-state index contributed by atoms with van der Waals surface area (Å²) in [4.78, 5) is 11.5. The summed E-state index contributed by atoms with van der Waals surface area (Å²) in [5.74, 6) is 2.65. The zero-order valence-corrected chi connectivity index (χ0v) is 14.9. The number of nitrogens with zero attached hydrogens (tertiary/aromatic N) is 4. The smallest absolute Gasteiger partial charge is 0.202 e. The first-order chi connectivity index (χ1) is 11.1. The van der Waals surface area contributed by atoms with E-state index in [1.165, 1.54) is 17.1 Å². The van der Waals surface area contributed by atoms with Gasteiger partial charge in [0.2, 0.25) is 5.13 Å². The molecule has 0 amide bonds. The fourth-order valence-electron chi connectivity index (χ4n) is 2.84.